The van der Waals surface area contributed by atoms with E-state index < -0.39 is 35.5 Å². The molecule has 1 aliphatic rings. The minimum Gasteiger partial charge on any atom is -0.451 e. The Morgan fingerprint density at radius 1 is 1.18 bits per heavy atom. The number of benzene rings is 1. The van der Waals surface area contributed by atoms with Gasteiger partial charge in [0.2, 0.25) is 0 Å². The molecule has 150 valence electrons. The van der Waals surface area contributed by atoms with E-state index in [0.29, 0.717) is 12.8 Å². The monoisotopic (exact) mass is 405 g/mol. The molecule has 2 N–H and O–H groups in total. The van der Waals surface area contributed by atoms with Crippen molar-refractivity contribution in [1.82, 2.24) is 10.6 Å². The maximum Gasteiger partial charge on any atom is 0.329 e. The van der Waals surface area contributed by atoms with Gasteiger partial charge in [0, 0.05) is 0 Å². The van der Waals surface area contributed by atoms with Crippen molar-refractivity contribution in [2.75, 3.05) is 0 Å². The lowest BCUT2D eigenvalue weighted by molar-refractivity contribution is -0.156. The number of halogens is 1. The van der Waals surface area contributed by atoms with E-state index in [1.165, 1.54) is 19.9 Å². The van der Waals surface area contributed by atoms with Crippen molar-refractivity contribution in [2.24, 2.45) is 0 Å². The molecule has 2 atom stereocenters. The molecule has 0 heterocycles. The van der Waals surface area contributed by atoms with E-state index in [-0.39, 0.29) is 10.6 Å². The van der Waals surface area contributed by atoms with Crippen molar-refractivity contribution in [3.05, 3.63) is 34.9 Å². The molecule has 2 amide bonds. The quantitative estimate of drug-likeness (QED) is 0.707. The van der Waals surface area contributed by atoms with Gasteiger partial charge in [0.15, 0.2) is 6.10 Å². The molecule has 7 nitrogen and oxygen atoms in total. The highest BCUT2D eigenvalue weighted by Crippen LogP contribution is 2.27. The van der Waals surface area contributed by atoms with Crippen molar-refractivity contribution in [3.63, 3.8) is 0 Å². The normalized spacial score (nSPS) is 17.5. The summed E-state index contributed by atoms with van der Waals surface area (Å²) in [5.74, 6) is -1.79. The number of carbonyl (C=O) groups is 3. The Morgan fingerprint density at radius 2 is 1.82 bits per heavy atom. The summed E-state index contributed by atoms with van der Waals surface area (Å²) in [7, 11) is 0. The van der Waals surface area contributed by atoms with Gasteiger partial charge < -0.3 is 15.4 Å². The number of nitrogens with one attached hydrogen (secondary N) is 2. The first-order valence-corrected chi connectivity index (χ1v) is 9.65. The largest absolute Gasteiger partial charge is 0.451 e. The van der Waals surface area contributed by atoms with Crippen LogP contribution in [0.4, 0.5) is 0 Å². The molecule has 1 aromatic rings. The molecular weight excluding hydrogens is 382 g/mol. The summed E-state index contributed by atoms with van der Waals surface area (Å²) >= 11 is 5.97. The lowest BCUT2D eigenvalue weighted by Crippen LogP contribution is -2.52. The van der Waals surface area contributed by atoms with Gasteiger partial charge in [-0.25, -0.2) is 4.79 Å². The van der Waals surface area contributed by atoms with Gasteiger partial charge in [0.05, 0.1) is 16.7 Å². The third kappa shape index (κ3) is 5.46. The minimum atomic E-state index is -1.08. The average molecular weight is 406 g/mol. The summed E-state index contributed by atoms with van der Waals surface area (Å²) in [4.78, 5) is 36.8. The first kappa shape index (κ1) is 21.7. The molecule has 1 aromatic carbocycles. The Hall–Kier alpha value is -2.59. The predicted molar refractivity (Wildman–Crippen MR) is 104 cm³/mol. The Bertz CT molecular complexity index is 784. The van der Waals surface area contributed by atoms with Crippen LogP contribution in [-0.4, -0.2) is 35.5 Å². The van der Waals surface area contributed by atoms with Crippen LogP contribution in [0.15, 0.2) is 24.3 Å². The van der Waals surface area contributed by atoms with Crippen LogP contribution < -0.4 is 10.6 Å². The molecule has 2 rings (SSSR count). The summed E-state index contributed by atoms with van der Waals surface area (Å²) < 4.78 is 5.16. The van der Waals surface area contributed by atoms with Gasteiger partial charge in [-0.05, 0) is 38.8 Å². The topological polar surface area (TPSA) is 108 Å². The molecule has 1 saturated carbocycles. The Labute approximate surface area is 169 Å². The number of rotatable bonds is 6. The zero-order chi connectivity index (χ0) is 20.7. The third-order valence-electron chi connectivity index (χ3n) is 4.77. The summed E-state index contributed by atoms with van der Waals surface area (Å²) in [6.07, 6.45) is 2.85. The molecule has 0 aromatic heterocycles. The van der Waals surface area contributed by atoms with Crippen LogP contribution in [-0.2, 0) is 14.3 Å². The smallest absolute Gasteiger partial charge is 0.329 e. The van der Waals surface area contributed by atoms with E-state index in [2.05, 4.69) is 16.7 Å². The second-order valence-electron chi connectivity index (χ2n) is 7.00. The fraction of sp³-hybridized carbons (Fsp3) is 0.500. The van der Waals surface area contributed by atoms with Crippen LogP contribution in [0, 0.1) is 11.3 Å². The fourth-order valence-electron chi connectivity index (χ4n) is 3.07. The zero-order valence-electron chi connectivity index (χ0n) is 16.0. The second kappa shape index (κ2) is 9.56. The summed E-state index contributed by atoms with van der Waals surface area (Å²) in [5, 5.41) is 14.9. The molecule has 0 radical (unpaired) electrons. The third-order valence-corrected chi connectivity index (χ3v) is 5.09. The van der Waals surface area contributed by atoms with Gasteiger partial charge in [-0.1, -0.05) is 43.0 Å². The van der Waals surface area contributed by atoms with E-state index >= 15 is 0 Å². The molecule has 1 fully saturated rings. The van der Waals surface area contributed by atoms with Gasteiger partial charge in [-0.15, -0.1) is 0 Å². The Balaban J connectivity index is 1.90. The van der Waals surface area contributed by atoms with E-state index in [9.17, 15) is 19.6 Å². The predicted octanol–water partition coefficient (Wildman–Crippen LogP) is 2.73. The number of esters is 1. The van der Waals surface area contributed by atoms with Gasteiger partial charge in [0.1, 0.15) is 11.6 Å². The SMILES string of the molecule is CC(NC(=O)c1ccccc1Cl)C(=O)OC(C)C(=O)NC1(C#N)CCCCC1. The standard InChI is InChI=1S/C20H24ClN3O4/c1-13(23-18(26)15-8-4-5-9-16(15)21)19(27)28-14(2)17(25)24-20(12-22)10-6-3-7-11-20/h4-5,8-9,13-14H,3,6-7,10-11H2,1-2H3,(H,23,26)(H,24,25). The van der Waals surface area contributed by atoms with Gasteiger partial charge in [-0.2, -0.15) is 5.26 Å². The van der Waals surface area contributed by atoms with Gasteiger partial charge in [-0.3, -0.25) is 9.59 Å². The van der Waals surface area contributed by atoms with Crippen LogP contribution in [0.3, 0.4) is 0 Å². The Morgan fingerprint density at radius 3 is 2.43 bits per heavy atom. The molecule has 0 spiro atoms. The molecule has 1 aliphatic carbocycles. The van der Waals surface area contributed by atoms with Crippen molar-refractivity contribution in [3.8, 4) is 6.07 Å². The van der Waals surface area contributed by atoms with E-state index in [4.69, 9.17) is 16.3 Å². The molecular formula is C20H24ClN3O4. The first-order valence-electron chi connectivity index (χ1n) is 9.27. The molecule has 0 bridgehead atoms. The number of nitriles is 1. The summed E-state index contributed by atoms with van der Waals surface area (Å²) in [5.41, 5.74) is -0.664. The van der Waals surface area contributed by atoms with Crippen LogP contribution in [0.2, 0.25) is 5.02 Å². The zero-order valence-corrected chi connectivity index (χ0v) is 16.7. The number of amides is 2. The highest BCUT2D eigenvalue weighted by molar-refractivity contribution is 6.33. The highest BCUT2D eigenvalue weighted by Gasteiger charge is 2.35. The first-order chi connectivity index (χ1) is 13.3. The van der Waals surface area contributed by atoms with Crippen LogP contribution in [0.25, 0.3) is 0 Å². The number of nitrogens with zero attached hydrogens (tertiary/aromatic N) is 1. The van der Waals surface area contributed by atoms with E-state index in [1.54, 1.807) is 18.2 Å². The highest BCUT2D eigenvalue weighted by atomic mass is 35.5. The van der Waals surface area contributed by atoms with Crippen LogP contribution >= 0.6 is 11.6 Å². The van der Waals surface area contributed by atoms with Crippen molar-refractivity contribution in [1.29, 1.82) is 5.26 Å². The van der Waals surface area contributed by atoms with Crippen molar-refractivity contribution >= 4 is 29.4 Å². The minimum absolute atomic E-state index is 0.239. The van der Waals surface area contributed by atoms with Crippen LogP contribution in [0.5, 0.6) is 0 Å². The molecule has 0 saturated heterocycles. The molecule has 2 unspecified atom stereocenters. The Kier molecular flexibility index (Phi) is 7.41. The van der Waals surface area contributed by atoms with E-state index in [1.807, 2.05) is 0 Å². The second-order valence-corrected chi connectivity index (χ2v) is 7.41. The lowest BCUT2D eigenvalue weighted by Gasteiger charge is -2.32. The maximum atomic E-state index is 12.4. The van der Waals surface area contributed by atoms with Crippen molar-refractivity contribution in [2.45, 2.75) is 63.6 Å². The number of hydrogen-bond acceptors (Lipinski definition) is 5. The van der Waals surface area contributed by atoms with Crippen molar-refractivity contribution < 1.29 is 19.1 Å². The molecule has 8 heteroatoms. The number of ether oxygens (including phenoxy) is 1. The summed E-state index contributed by atoms with van der Waals surface area (Å²) in [6.45, 7) is 2.89. The lowest BCUT2D eigenvalue weighted by atomic mass is 9.83. The molecule has 0 aliphatic heterocycles. The number of hydrogen-bond donors (Lipinski definition) is 2. The average Bonchev–Trinajstić information content (AvgIpc) is 2.68. The summed E-state index contributed by atoms with van der Waals surface area (Å²) in [6, 6.07) is 7.68. The number of carbonyl (C=O) groups excluding carboxylic acids is 3. The van der Waals surface area contributed by atoms with Gasteiger partial charge in [0.25, 0.3) is 11.8 Å². The fourth-order valence-corrected chi connectivity index (χ4v) is 3.29. The molecule has 28 heavy (non-hydrogen) atoms. The van der Waals surface area contributed by atoms with Crippen LogP contribution in [0.1, 0.15) is 56.3 Å². The van der Waals surface area contributed by atoms with Gasteiger partial charge >= 0.3 is 5.97 Å². The van der Waals surface area contributed by atoms with E-state index in [0.717, 1.165) is 19.3 Å². The maximum absolute atomic E-state index is 12.4.